The first-order valence-corrected chi connectivity index (χ1v) is 11.3. The highest BCUT2D eigenvalue weighted by Crippen LogP contribution is 2.32. The number of nitrogens with zero attached hydrogens (tertiary/aromatic N) is 2. The van der Waals surface area contributed by atoms with Gasteiger partial charge < -0.3 is 9.47 Å². The van der Waals surface area contributed by atoms with Crippen LogP contribution >= 0.6 is 22.9 Å². The highest BCUT2D eigenvalue weighted by Gasteiger charge is 2.15. The highest BCUT2D eigenvalue weighted by molar-refractivity contribution is 7.17. The summed E-state index contributed by atoms with van der Waals surface area (Å²) in [5.74, 6) is 2.32. The Hall–Kier alpha value is -2.83. The van der Waals surface area contributed by atoms with Crippen LogP contribution in [-0.4, -0.2) is 23.3 Å². The van der Waals surface area contributed by atoms with Gasteiger partial charge in [-0.3, -0.25) is 9.36 Å². The molecule has 0 N–H and O–H groups in total. The monoisotopic (exact) mass is 454 g/mol. The first-order valence-electron chi connectivity index (χ1n) is 10.1. The summed E-state index contributed by atoms with van der Waals surface area (Å²) in [4.78, 5) is 18.8. The summed E-state index contributed by atoms with van der Waals surface area (Å²) in [6.45, 7) is 3.08. The van der Waals surface area contributed by atoms with Gasteiger partial charge in [-0.2, -0.15) is 0 Å². The maximum absolute atomic E-state index is 13.3. The Labute approximate surface area is 189 Å². The summed E-state index contributed by atoms with van der Waals surface area (Å²) in [6, 6.07) is 15.1. The molecule has 0 aliphatic rings. The van der Waals surface area contributed by atoms with Crippen molar-refractivity contribution < 1.29 is 9.47 Å². The molecule has 0 amide bonds. The smallest absolute Gasteiger partial charge is 0.262 e. The van der Waals surface area contributed by atoms with E-state index in [0.717, 1.165) is 46.1 Å². The van der Waals surface area contributed by atoms with Crippen LogP contribution in [0.15, 0.2) is 58.7 Å². The van der Waals surface area contributed by atoms with E-state index in [1.807, 2.05) is 60.8 Å². The normalized spacial score (nSPS) is 11.1. The minimum absolute atomic E-state index is 0.00758. The summed E-state index contributed by atoms with van der Waals surface area (Å²) in [6.07, 6.45) is 1.66. The molecular formula is C24H23ClN2O3S. The van der Waals surface area contributed by atoms with Gasteiger partial charge in [0.05, 0.1) is 19.1 Å². The SMILES string of the molecule is COc1ccc(-c2csc3nc(C)n(CCCCOc4ccc(Cl)cc4)c(=O)c23)cc1. The predicted molar refractivity (Wildman–Crippen MR) is 127 cm³/mol. The van der Waals surface area contributed by atoms with E-state index < -0.39 is 0 Å². The quantitative estimate of drug-likeness (QED) is 0.308. The minimum Gasteiger partial charge on any atom is -0.497 e. The molecular weight excluding hydrogens is 432 g/mol. The number of unbranched alkanes of at least 4 members (excludes halogenated alkanes) is 1. The van der Waals surface area contributed by atoms with Gasteiger partial charge in [0.1, 0.15) is 22.2 Å². The van der Waals surface area contributed by atoms with Crippen molar-refractivity contribution in [2.75, 3.05) is 13.7 Å². The lowest BCUT2D eigenvalue weighted by Gasteiger charge is -2.11. The Kier molecular flexibility index (Phi) is 6.59. The lowest BCUT2D eigenvalue weighted by molar-refractivity contribution is 0.302. The van der Waals surface area contributed by atoms with Gasteiger partial charge in [-0.25, -0.2) is 4.98 Å². The van der Waals surface area contributed by atoms with Crippen LogP contribution in [0.3, 0.4) is 0 Å². The molecule has 0 saturated carbocycles. The first kappa shape index (κ1) is 21.4. The van der Waals surface area contributed by atoms with Crippen LogP contribution in [0.1, 0.15) is 18.7 Å². The molecule has 5 nitrogen and oxygen atoms in total. The van der Waals surface area contributed by atoms with E-state index in [4.69, 9.17) is 21.1 Å². The molecule has 7 heteroatoms. The lowest BCUT2D eigenvalue weighted by Crippen LogP contribution is -2.24. The second-order valence-electron chi connectivity index (χ2n) is 7.18. The maximum Gasteiger partial charge on any atom is 0.262 e. The predicted octanol–water partition coefficient (Wildman–Crippen LogP) is 5.95. The van der Waals surface area contributed by atoms with E-state index >= 15 is 0 Å². The van der Waals surface area contributed by atoms with Gasteiger partial charge in [-0.1, -0.05) is 23.7 Å². The average Bonchev–Trinajstić information content (AvgIpc) is 3.20. The number of hydrogen-bond acceptors (Lipinski definition) is 5. The number of thiophene rings is 1. The zero-order valence-electron chi connectivity index (χ0n) is 17.4. The maximum atomic E-state index is 13.3. The second-order valence-corrected chi connectivity index (χ2v) is 8.48. The Balaban J connectivity index is 1.48. The van der Waals surface area contributed by atoms with Crippen molar-refractivity contribution in [3.05, 3.63) is 75.1 Å². The van der Waals surface area contributed by atoms with Gasteiger partial charge in [-0.05, 0) is 61.7 Å². The molecule has 0 spiro atoms. The topological polar surface area (TPSA) is 53.4 Å². The number of aromatic nitrogens is 2. The van der Waals surface area contributed by atoms with Crippen molar-refractivity contribution in [1.29, 1.82) is 0 Å². The van der Waals surface area contributed by atoms with Crippen LogP contribution in [-0.2, 0) is 6.54 Å². The van der Waals surface area contributed by atoms with Gasteiger partial charge >= 0.3 is 0 Å². The zero-order chi connectivity index (χ0) is 21.8. The number of aryl methyl sites for hydroxylation is 1. The van der Waals surface area contributed by atoms with Crippen molar-refractivity contribution in [1.82, 2.24) is 9.55 Å². The third-order valence-electron chi connectivity index (χ3n) is 5.14. The fourth-order valence-corrected chi connectivity index (χ4v) is 4.57. The van der Waals surface area contributed by atoms with Gasteiger partial charge in [0, 0.05) is 22.5 Å². The number of methoxy groups -OCH3 is 1. The summed E-state index contributed by atoms with van der Waals surface area (Å²) < 4.78 is 12.7. The van der Waals surface area contributed by atoms with E-state index in [9.17, 15) is 4.79 Å². The third kappa shape index (κ3) is 4.75. The molecule has 160 valence electrons. The van der Waals surface area contributed by atoms with E-state index in [-0.39, 0.29) is 5.56 Å². The van der Waals surface area contributed by atoms with Crippen LogP contribution in [0.2, 0.25) is 5.02 Å². The number of ether oxygens (including phenoxy) is 2. The molecule has 0 aliphatic carbocycles. The fraction of sp³-hybridized carbons (Fsp3) is 0.250. The van der Waals surface area contributed by atoms with Crippen molar-refractivity contribution in [2.24, 2.45) is 0 Å². The first-order chi connectivity index (χ1) is 15.1. The minimum atomic E-state index is 0.00758. The number of rotatable bonds is 8. The standard InChI is InChI=1S/C24H23ClN2O3S/c1-16-26-23-22(21(15-31-23)17-5-9-19(29-2)10-6-17)24(28)27(16)13-3-4-14-30-20-11-7-18(25)8-12-20/h5-12,15H,3-4,13-14H2,1-2H3. The number of fused-ring (bicyclic) bond motifs is 1. The van der Waals surface area contributed by atoms with Gasteiger partial charge in [0.2, 0.25) is 0 Å². The van der Waals surface area contributed by atoms with Crippen LogP contribution in [0.25, 0.3) is 21.3 Å². The number of benzene rings is 2. The molecule has 2 heterocycles. The molecule has 2 aromatic heterocycles. The summed E-state index contributed by atoms with van der Waals surface area (Å²) in [7, 11) is 1.64. The molecule has 0 saturated heterocycles. The highest BCUT2D eigenvalue weighted by atomic mass is 35.5. The number of hydrogen-bond donors (Lipinski definition) is 0. The third-order valence-corrected chi connectivity index (χ3v) is 6.27. The van der Waals surface area contributed by atoms with E-state index in [0.29, 0.717) is 23.6 Å². The molecule has 0 bridgehead atoms. The molecule has 0 fully saturated rings. The molecule has 31 heavy (non-hydrogen) atoms. The van der Waals surface area contributed by atoms with Gasteiger partial charge in [0.25, 0.3) is 5.56 Å². The Bertz CT molecular complexity index is 1230. The van der Waals surface area contributed by atoms with Crippen molar-refractivity contribution in [3.8, 4) is 22.6 Å². The zero-order valence-corrected chi connectivity index (χ0v) is 19.0. The molecule has 0 unspecified atom stereocenters. The Morgan fingerprint density at radius 2 is 1.74 bits per heavy atom. The van der Waals surface area contributed by atoms with E-state index in [2.05, 4.69) is 4.98 Å². The van der Waals surface area contributed by atoms with Gasteiger partial charge in [-0.15, -0.1) is 11.3 Å². The lowest BCUT2D eigenvalue weighted by atomic mass is 10.1. The van der Waals surface area contributed by atoms with E-state index in [1.54, 1.807) is 11.7 Å². The fourth-order valence-electron chi connectivity index (χ4n) is 3.47. The van der Waals surface area contributed by atoms with Crippen molar-refractivity contribution in [3.63, 3.8) is 0 Å². The van der Waals surface area contributed by atoms with Crippen LogP contribution in [0, 0.1) is 6.92 Å². The Morgan fingerprint density at radius 1 is 1.03 bits per heavy atom. The molecule has 0 radical (unpaired) electrons. The molecule has 0 aliphatic heterocycles. The summed E-state index contributed by atoms with van der Waals surface area (Å²) >= 11 is 7.39. The molecule has 4 aromatic rings. The number of halogens is 1. The largest absolute Gasteiger partial charge is 0.497 e. The van der Waals surface area contributed by atoms with Crippen molar-refractivity contribution in [2.45, 2.75) is 26.3 Å². The van der Waals surface area contributed by atoms with E-state index in [1.165, 1.54) is 11.3 Å². The summed E-state index contributed by atoms with van der Waals surface area (Å²) in [5.41, 5.74) is 1.91. The Morgan fingerprint density at radius 3 is 2.45 bits per heavy atom. The molecule has 2 aromatic carbocycles. The van der Waals surface area contributed by atoms with Crippen molar-refractivity contribution >= 4 is 33.2 Å². The van der Waals surface area contributed by atoms with Crippen LogP contribution in [0.4, 0.5) is 0 Å². The average molecular weight is 455 g/mol. The molecule has 0 atom stereocenters. The van der Waals surface area contributed by atoms with Crippen LogP contribution in [0.5, 0.6) is 11.5 Å². The second kappa shape index (κ2) is 9.54. The van der Waals surface area contributed by atoms with Crippen LogP contribution < -0.4 is 15.0 Å². The van der Waals surface area contributed by atoms with Gasteiger partial charge in [0.15, 0.2) is 0 Å². The molecule has 4 rings (SSSR count). The summed E-state index contributed by atoms with van der Waals surface area (Å²) in [5, 5.41) is 3.37.